The van der Waals surface area contributed by atoms with Gasteiger partial charge in [-0.05, 0) is 47.6 Å². The van der Waals surface area contributed by atoms with Gasteiger partial charge >= 0.3 is 0 Å². The fourth-order valence-electron chi connectivity index (χ4n) is 4.02. The number of halogens is 3. The Hall–Kier alpha value is -2.55. The number of rotatable bonds is 3. The Morgan fingerprint density at radius 1 is 0.630 bits per heavy atom. The largest absolute Gasteiger partial charge is 0.207 e. The molecule has 0 spiro atoms. The molecule has 27 heavy (non-hydrogen) atoms. The van der Waals surface area contributed by atoms with Crippen LogP contribution in [0.1, 0.15) is 43.6 Å². The lowest BCUT2D eigenvalue weighted by molar-refractivity contribution is 0.443. The Balaban J connectivity index is 1.65. The molecule has 3 aromatic carbocycles. The Morgan fingerprint density at radius 2 is 1.26 bits per heavy atom. The van der Waals surface area contributed by atoms with Crippen molar-refractivity contribution in [1.29, 1.82) is 0 Å². The van der Waals surface area contributed by atoms with Crippen LogP contribution < -0.4 is 0 Å². The minimum absolute atomic E-state index is 0.0644. The third-order valence-corrected chi connectivity index (χ3v) is 5.52. The molecule has 0 saturated heterocycles. The molecule has 1 aliphatic carbocycles. The van der Waals surface area contributed by atoms with Gasteiger partial charge in [0.1, 0.15) is 5.82 Å². The summed E-state index contributed by atoms with van der Waals surface area (Å²) < 4.78 is 42.8. The number of benzene rings is 3. The molecule has 0 aliphatic heterocycles. The summed E-state index contributed by atoms with van der Waals surface area (Å²) in [4.78, 5) is 0. The second-order valence-electron chi connectivity index (χ2n) is 7.26. The molecule has 1 saturated carbocycles. The zero-order valence-electron chi connectivity index (χ0n) is 15.0. The van der Waals surface area contributed by atoms with Crippen molar-refractivity contribution in [2.24, 2.45) is 0 Å². The molecule has 3 aromatic rings. The van der Waals surface area contributed by atoms with Crippen LogP contribution in [0.4, 0.5) is 13.2 Å². The van der Waals surface area contributed by atoms with Gasteiger partial charge in [-0.25, -0.2) is 13.2 Å². The van der Waals surface area contributed by atoms with Gasteiger partial charge in [0.05, 0.1) is 0 Å². The van der Waals surface area contributed by atoms with Crippen molar-refractivity contribution in [2.75, 3.05) is 0 Å². The first kappa shape index (κ1) is 17.8. The molecule has 0 N–H and O–H groups in total. The van der Waals surface area contributed by atoms with Gasteiger partial charge < -0.3 is 0 Å². The van der Waals surface area contributed by atoms with E-state index in [0.29, 0.717) is 17.0 Å². The average Bonchev–Trinajstić information content (AvgIpc) is 2.71. The molecule has 1 fully saturated rings. The summed E-state index contributed by atoms with van der Waals surface area (Å²) >= 11 is 0. The van der Waals surface area contributed by atoms with Gasteiger partial charge in [-0.2, -0.15) is 0 Å². The van der Waals surface area contributed by atoms with E-state index in [1.54, 1.807) is 12.1 Å². The van der Waals surface area contributed by atoms with E-state index in [2.05, 4.69) is 0 Å². The third kappa shape index (κ3) is 3.64. The van der Waals surface area contributed by atoms with Gasteiger partial charge in [-0.1, -0.05) is 67.8 Å². The van der Waals surface area contributed by atoms with Gasteiger partial charge in [0.2, 0.25) is 0 Å². The first-order valence-corrected chi connectivity index (χ1v) is 9.48. The Labute approximate surface area is 157 Å². The topological polar surface area (TPSA) is 0 Å². The van der Waals surface area contributed by atoms with E-state index in [1.165, 1.54) is 61.9 Å². The van der Waals surface area contributed by atoms with Crippen molar-refractivity contribution in [3.63, 3.8) is 0 Å². The predicted molar refractivity (Wildman–Crippen MR) is 103 cm³/mol. The Bertz CT molecular complexity index is 938. The lowest BCUT2D eigenvalue weighted by atomic mass is 9.83. The first-order valence-electron chi connectivity index (χ1n) is 9.48. The van der Waals surface area contributed by atoms with Crippen molar-refractivity contribution in [2.45, 2.75) is 38.0 Å². The summed E-state index contributed by atoms with van der Waals surface area (Å²) in [5.41, 5.74) is 2.54. The number of hydrogen-bond acceptors (Lipinski definition) is 0. The molecule has 0 aromatic heterocycles. The Kier molecular flexibility index (Phi) is 5.02. The maximum Gasteiger partial charge on any atom is 0.167 e. The average molecular weight is 366 g/mol. The summed E-state index contributed by atoms with van der Waals surface area (Å²) in [5, 5.41) is 0. The standard InChI is InChI=1S/C24H21F3/c25-20-8-4-7-19(15-20)22-14-13-21(23(26)24(22)27)18-11-9-17(10-12-18)16-5-2-1-3-6-16/h4,7-16H,1-3,5-6H2. The normalized spacial score (nSPS) is 15.1. The summed E-state index contributed by atoms with van der Waals surface area (Å²) in [6.07, 6.45) is 6.22. The van der Waals surface area contributed by atoms with Gasteiger partial charge in [0.15, 0.2) is 11.6 Å². The van der Waals surface area contributed by atoms with Crippen molar-refractivity contribution in [3.8, 4) is 22.3 Å². The highest BCUT2D eigenvalue weighted by Gasteiger charge is 2.18. The summed E-state index contributed by atoms with van der Waals surface area (Å²) in [5.74, 6) is -1.75. The maximum absolute atomic E-state index is 14.7. The molecule has 0 bridgehead atoms. The monoisotopic (exact) mass is 366 g/mol. The molecule has 1 aliphatic rings. The van der Waals surface area contributed by atoms with Gasteiger partial charge in [0.25, 0.3) is 0 Å². The lowest BCUT2D eigenvalue weighted by Crippen LogP contribution is -2.04. The predicted octanol–water partition coefficient (Wildman–Crippen LogP) is 7.49. The van der Waals surface area contributed by atoms with Gasteiger partial charge in [-0.3, -0.25) is 0 Å². The van der Waals surface area contributed by atoms with E-state index in [9.17, 15) is 13.2 Å². The fourth-order valence-corrected chi connectivity index (χ4v) is 4.02. The maximum atomic E-state index is 14.7. The summed E-state index contributed by atoms with van der Waals surface area (Å²) in [6.45, 7) is 0. The minimum atomic E-state index is -0.950. The van der Waals surface area contributed by atoms with Crippen LogP contribution in [0, 0.1) is 17.5 Å². The van der Waals surface area contributed by atoms with Crippen LogP contribution >= 0.6 is 0 Å². The van der Waals surface area contributed by atoms with E-state index in [0.717, 1.165) is 0 Å². The van der Waals surface area contributed by atoms with Crippen LogP contribution in [-0.2, 0) is 0 Å². The third-order valence-electron chi connectivity index (χ3n) is 5.52. The SMILES string of the molecule is Fc1cccc(-c2ccc(-c3ccc(C4CCCCC4)cc3)c(F)c2F)c1. The molecule has 3 heteroatoms. The molecule has 0 radical (unpaired) electrons. The molecule has 138 valence electrons. The van der Waals surface area contributed by atoms with Crippen molar-refractivity contribution in [3.05, 3.63) is 83.7 Å². The molecule has 0 heterocycles. The molecular formula is C24H21F3. The van der Waals surface area contributed by atoms with Gasteiger partial charge in [0, 0.05) is 11.1 Å². The van der Waals surface area contributed by atoms with E-state index in [-0.39, 0.29) is 11.1 Å². The Morgan fingerprint density at radius 3 is 1.89 bits per heavy atom. The molecule has 4 rings (SSSR count). The van der Waals surface area contributed by atoms with E-state index < -0.39 is 17.5 Å². The van der Waals surface area contributed by atoms with E-state index in [4.69, 9.17) is 0 Å². The minimum Gasteiger partial charge on any atom is -0.207 e. The quantitative estimate of drug-likeness (QED) is 0.450. The summed E-state index contributed by atoms with van der Waals surface area (Å²) in [7, 11) is 0. The van der Waals surface area contributed by atoms with Crippen molar-refractivity contribution < 1.29 is 13.2 Å². The molecule has 0 nitrogen and oxygen atoms in total. The van der Waals surface area contributed by atoms with Crippen LogP contribution in [0.5, 0.6) is 0 Å². The highest BCUT2D eigenvalue weighted by Crippen LogP contribution is 2.35. The smallest absolute Gasteiger partial charge is 0.167 e. The lowest BCUT2D eigenvalue weighted by Gasteiger charge is -2.22. The van der Waals surface area contributed by atoms with Crippen LogP contribution in [0.2, 0.25) is 0 Å². The second-order valence-corrected chi connectivity index (χ2v) is 7.26. The van der Waals surface area contributed by atoms with Crippen LogP contribution in [0.3, 0.4) is 0 Å². The first-order chi connectivity index (χ1) is 13.1. The fraction of sp³-hybridized carbons (Fsp3) is 0.250. The molecule has 0 atom stereocenters. The van der Waals surface area contributed by atoms with E-state index >= 15 is 0 Å². The highest BCUT2D eigenvalue weighted by molar-refractivity contribution is 5.72. The van der Waals surface area contributed by atoms with Crippen LogP contribution in [0.25, 0.3) is 22.3 Å². The highest BCUT2D eigenvalue weighted by atomic mass is 19.2. The van der Waals surface area contributed by atoms with Crippen LogP contribution in [-0.4, -0.2) is 0 Å². The second kappa shape index (κ2) is 7.59. The van der Waals surface area contributed by atoms with Crippen molar-refractivity contribution in [1.82, 2.24) is 0 Å². The molecule has 0 amide bonds. The zero-order chi connectivity index (χ0) is 18.8. The van der Waals surface area contributed by atoms with Crippen LogP contribution in [0.15, 0.2) is 60.7 Å². The summed E-state index contributed by atoms with van der Waals surface area (Å²) in [6, 6.07) is 16.4. The molecule has 0 unspecified atom stereocenters. The zero-order valence-corrected chi connectivity index (χ0v) is 15.0. The molecular weight excluding hydrogens is 345 g/mol. The number of hydrogen-bond donors (Lipinski definition) is 0. The van der Waals surface area contributed by atoms with Crippen molar-refractivity contribution >= 4 is 0 Å². The van der Waals surface area contributed by atoms with E-state index in [1.807, 2.05) is 24.3 Å². The van der Waals surface area contributed by atoms with Gasteiger partial charge in [-0.15, -0.1) is 0 Å².